The lowest BCUT2D eigenvalue weighted by Crippen LogP contribution is -2.35. The summed E-state index contributed by atoms with van der Waals surface area (Å²) in [5, 5.41) is 3.40. The number of hydrogen-bond donors (Lipinski definition) is 1. The summed E-state index contributed by atoms with van der Waals surface area (Å²) < 4.78 is 0. The summed E-state index contributed by atoms with van der Waals surface area (Å²) in [7, 11) is 2.19. The van der Waals surface area contributed by atoms with Crippen LogP contribution in [-0.2, 0) is 0 Å². The zero-order valence-corrected chi connectivity index (χ0v) is 11.1. The first-order valence-electron chi connectivity index (χ1n) is 6.11. The van der Waals surface area contributed by atoms with Gasteiger partial charge in [0.05, 0.1) is 0 Å². The molecule has 0 aromatic carbocycles. The molecule has 0 heterocycles. The van der Waals surface area contributed by atoms with Gasteiger partial charge in [-0.25, -0.2) is 0 Å². The van der Waals surface area contributed by atoms with E-state index in [-0.39, 0.29) is 0 Å². The van der Waals surface area contributed by atoms with E-state index < -0.39 is 0 Å². The van der Waals surface area contributed by atoms with Crippen LogP contribution in [0.1, 0.15) is 40.5 Å². The van der Waals surface area contributed by atoms with Crippen LogP contribution in [0, 0.1) is 0 Å². The standard InChI is InChI=1S/C13H28N2/c1-7-13(8-2)15(6)10-12(5)9-14-11(3)4/h11,13-14H,5,7-10H2,1-4,6H3. The van der Waals surface area contributed by atoms with Gasteiger partial charge in [-0.2, -0.15) is 0 Å². The van der Waals surface area contributed by atoms with Crippen LogP contribution in [0.3, 0.4) is 0 Å². The van der Waals surface area contributed by atoms with Crippen LogP contribution in [-0.4, -0.2) is 37.1 Å². The Morgan fingerprint density at radius 1 is 1.27 bits per heavy atom. The lowest BCUT2D eigenvalue weighted by Gasteiger charge is -2.27. The van der Waals surface area contributed by atoms with Gasteiger partial charge >= 0.3 is 0 Å². The third-order valence-corrected chi connectivity index (χ3v) is 2.80. The highest BCUT2D eigenvalue weighted by Gasteiger charge is 2.10. The van der Waals surface area contributed by atoms with E-state index in [9.17, 15) is 0 Å². The first-order valence-corrected chi connectivity index (χ1v) is 6.11. The summed E-state index contributed by atoms with van der Waals surface area (Å²) in [6.45, 7) is 14.9. The van der Waals surface area contributed by atoms with Gasteiger partial charge in [-0.1, -0.05) is 34.3 Å². The lowest BCUT2D eigenvalue weighted by atomic mass is 10.1. The third-order valence-electron chi connectivity index (χ3n) is 2.80. The topological polar surface area (TPSA) is 15.3 Å². The Morgan fingerprint density at radius 2 is 1.80 bits per heavy atom. The van der Waals surface area contributed by atoms with Crippen molar-refractivity contribution in [3.8, 4) is 0 Å². The molecule has 0 aromatic heterocycles. The van der Waals surface area contributed by atoms with Gasteiger partial charge in [0, 0.05) is 25.2 Å². The first kappa shape index (κ1) is 14.7. The second-order valence-electron chi connectivity index (χ2n) is 4.67. The summed E-state index contributed by atoms with van der Waals surface area (Å²) in [5.74, 6) is 0. The van der Waals surface area contributed by atoms with Crippen LogP contribution < -0.4 is 5.32 Å². The Hall–Kier alpha value is -0.340. The van der Waals surface area contributed by atoms with Crippen molar-refractivity contribution in [2.75, 3.05) is 20.1 Å². The predicted molar refractivity (Wildman–Crippen MR) is 69.3 cm³/mol. The minimum absolute atomic E-state index is 0.542. The monoisotopic (exact) mass is 212 g/mol. The fraction of sp³-hybridized carbons (Fsp3) is 0.846. The van der Waals surface area contributed by atoms with E-state index in [1.165, 1.54) is 18.4 Å². The zero-order chi connectivity index (χ0) is 11.8. The minimum Gasteiger partial charge on any atom is -0.311 e. The number of nitrogens with zero attached hydrogens (tertiary/aromatic N) is 1. The molecule has 0 spiro atoms. The van der Waals surface area contributed by atoms with Crippen molar-refractivity contribution >= 4 is 0 Å². The number of rotatable bonds is 8. The molecule has 0 rings (SSSR count). The van der Waals surface area contributed by atoms with Crippen LogP contribution in [0.4, 0.5) is 0 Å². The zero-order valence-electron chi connectivity index (χ0n) is 11.1. The van der Waals surface area contributed by atoms with Crippen molar-refractivity contribution in [1.82, 2.24) is 10.2 Å². The molecule has 0 atom stereocenters. The second kappa shape index (κ2) is 7.89. The highest BCUT2D eigenvalue weighted by Crippen LogP contribution is 2.07. The molecule has 0 fully saturated rings. The first-order chi connectivity index (χ1) is 7.01. The van der Waals surface area contributed by atoms with Gasteiger partial charge in [0.25, 0.3) is 0 Å². The number of likely N-dealkylation sites (N-methyl/N-ethyl adjacent to an activating group) is 1. The SMILES string of the molecule is C=C(CNC(C)C)CN(C)C(CC)CC. The molecular formula is C13H28N2. The molecule has 0 aliphatic heterocycles. The minimum atomic E-state index is 0.542. The van der Waals surface area contributed by atoms with E-state index in [1.807, 2.05) is 0 Å². The van der Waals surface area contributed by atoms with Crippen LogP contribution in [0.15, 0.2) is 12.2 Å². The van der Waals surface area contributed by atoms with Gasteiger partial charge in [-0.05, 0) is 25.5 Å². The molecule has 0 saturated carbocycles. The molecule has 15 heavy (non-hydrogen) atoms. The highest BCUT2D eigenvalue weighted by molar-refractivity contribution is 5.00. The molecule has 0 aliphatic rings. The fourth-order valence-corrected chi connectivity index (χ4v) is 1.80. The van der Waals surface area contributed by atoms with Crippen LogP contribution >= 0.6 is 0 Å². The van der Waals surface area contributed by atoms with Crippen molar-refractivity contribution in [3.63, 3.8) is 0 Å². The van der Waals surface area contributed by atoms with Crippen LogP contribution in [0.25, 0.3) is 0 Å². The van der Waals surface area contributed by atoms with Crippen LogP contribution in [0.5, 0.6) is 0 Å². The van der Waals surface area contributed by atoms with E-state index >= 15 is 0 Å². The Kier molecular flexibility index (Phi) is 7.71. The Bertz CT molecular complexity index is 171. The summed E-state index contributed by atoms with van der Waals surface area (Å²) in [6.07, 6.45) is 2.44. The van der Waals surface area contributed by atoms with Crippen molar-refractivity contribution in [3.05, 3.63) is 12.2 Å². The molecular weight excluding hydrogens is 184 g/mol. The fourth-order valence-electron chi connectivity index (χ4n) is 1.80. The largest absolute Gasteiger partial charge is 0.311 e. The molecule has 0 radical (unpaired) electrons. The second-order valence-corrected chi connectivity index (χ2v) is 4.67. The van der Waals surface area contributed by atoms with E-state index in [2.05, 4.69) is 51.5 Å². The molecule has 2 nitrogen and oxygen atoms in total. The number of nitrogens with one attached hydrogen (secondary N) is 1. The van der Waals surface area contributed by atoms with Gasteiger partial charge in [0.2, 0.25) is 0 Å². The third kappa shape index (κ3) is 6.69. The maximum absolute atomic E-state index is 4.11. The number of hydrogen-bond acceptors (Lipinski definition) is 2. The molecule has 2 heteroatoms. The lowest BCUT2D eigenvalue weighted by molar-refractivity contribution is 0.246. The molecule has 1 N–H and O–H groups in total. The molecule has 0 saturated heterocycles. The van der Waals surface area contributed by atoms with Gasteiger partial charge in [-0.15, -0.1) is 0 Å². The highest BCUT2D eigenvalue weighted by atomic mass is 15.1. The normalized spacial score (nSPS) is 11.7. The summed E-state index contributed by atoms with van der Waals surface area (Å²) in [4.78, 5) is 2.41. The maximum Gasteiger partial charge on any atom is 0.0202 e. The average molecular weight is 212 g/mol. The van der Waals surface area contributed by atoms with Gasteiger partial charge in [-0.3, -0.25) is 4.90 Å². The molecule has 0 bridgehead atoms. The summed E-state index contributed by atoms with van der Waals surface area (Å²) in [6, 6.07) is 1.24. The Morgan fingerprint density at radius 3 is 2.20 bits per heavy atom. The molecule has 0 amide bonds. The molecule has 0 unspecified atom stereocenters. The molecule has 0 aromatic rings. The Balaban J connectivity index is 3.84. The van der Waals surface area contributed by atoms with Crippen molar-refractivity contribution in [2.24, 2.45) is 0 Å². The molecule has 90 valence electrons. The van der Waals surface area contributed by atoms with Crippen LogP contribution in [0.2, 0.25) is 0 Å². The Labute approximate surface area is 95.7 Å². The van der Waals surface area contributed by atoms with Gasteiger partial charge < -0.3 is 5.32 Å². The van der Waals surface area contributed by atoms with E-state index in [0.717, 1.165) is 13.1 Å². The van der Waals surface area contributed by atoms with Gasteiger partial charge in [0.1, 0.15) is 0 Å². The summed E-state index contributed by atoms with van der Waals surface area (Å²) in [5.41, 5.74) is 1.28. The average Bonchev–Trinajstić information content (AvgIpc) is 2.16. The predicted octanol–water partition coefficient (Wildman–Crippen LogP) is 2.66. The summed E-state index contributed by atoms with van der Waals surface area (Å²) >= 11 is 0. The van der Waals surface area contributed by atoms with Crippen molar-refractivity contribution < 1.29 is 0 Å². The smallest absolute Gasteiger partial charge is 0.0202 e. The maximum atomic E-state index is 4.11. The van der Waals surface area contributed by atoms with Crippen molar-refractivity contribution in [1.29, 1.82) is 0 Å². The van der Waals surface area contributed by atoms with E-state index in [0.29, 0.717) is 12.1 Å². The van der Waals surface area contributed by atoms with E-state index in [1.54, 1.807) is 0 Å². The van der Waals surface area contributed by atoms with E-state index in [4.69, 9.17) is 0 Å². The van der Waals surface area contributed by atoms with Gasteiger partial charge in [0.15, 0.2) is 0 Å². The van der Waals surface area contributed by atoms with Crippen molar-refractivity contribution in [2.45, 2.75) is 52.6 Å². The molecule has 0 aliphatic carbocycles. The quantitative estimate of drug-likeness (QED) is 0.622.